The fourth-order valence-electron chi connectivity index (χ4n) is 5.06. The molecule has 0 aromatic heterocycles. The summed E-state index contributed by atoms with van der Waals surface area (Å²) in [6, 6.07) is 10.4. The Bertz CT molecular complexity index is 569. The Morgan fingerprint density at radius 2 is 1.91 bits per heavy atom. The minimum Gasteiger partial charge on any atom is -0.404 e. The van der Waals surface area contributed by atoms with E-state index >= 15 is 0 Å². The third kappa shape index (κ3) is 2.55. The smallest absolute Gasteiger partial charge is 0.404 e. The second-order valence-corrected chi connectivity index (χ2v) is 8.19. The molecule has 3 aliphatic carbocycles. The average molecular weight is 336 g/mol. The molecule has 0 radical (unpaired) electrons. The van der Waals surface area contributed by atoms with Crippen LogP contribution in [0.3, 0.4) is 0 Å². The number of nitrogens with two attached hydrogens (primary N) is 1. The molecule has 2 unspecified atom stereocenters. The van der Waals surface area contributed by atoms with Crippen LogP contribution in [-0.2, 0) is 15.7 Å². The van der Waals surface area contributed by atoms with Crippen LogP contribution in [0.5, 0.6) is 0 Å². The van der Waals surface area contributed by atoms with Gasteiger partial charge in [0.15, 0.2) is 0 Å². The highest BCUT2D eigenvalue weighted by Gasteiger charge is 2.68. The van der Waals surface area contributed by atoms with E-state index in [0.717, 1.165) is 18.8 Å². The van der Waals surface area contributed by atoms with Crippen LogP contribution in [0.15, 0.2) is 30.3 Å². The van der Waals surface area contributed by atoms with Crippen LogP contribution in [0.2, 0.25) is 0 Å². The summed E-state index contributed by atoms with van der Waals surface area (Å²) in [7, 11) is -0.273. The Morgan fingerprint density at radius 3 is 2.57 bits per heavy atom. The summed E-state index contributed by atoms with van der Waals surface area (Å²) < 4.78 is 12.7. The molecule has 0 spiro atoms. The van der Waals surface area contributed by atoms with Crippen LogP contribution in [0.25, 0.3) is 0 Å². The van der Waals surface area contributed by atoms with Gasteiger partial charge in [0.05, 0.1) is 11.7 Å². The molecule has 4 aliphatic rings. The van der Waals surface area contributed by atoms with Crippen LogP contribution in [-0.4, -0.2) is 24.8 Å². The van der Waals surface area contributed by atoms with Crippen LogP contribution >= 0.6 is 12.4 Å². The lowest BCUT2D eigenvalue weighted by atomic mass is 9.43. The van der Waals surface area contributed by atoms with Crippen molar-refractivity contribution in [1.29, 1.82) is 0 Å². The summed E-state index contributed by atoms with van der Waals surface area (Å²) in [6.45, 7) is 7.01. The molecule has 23 heavy (non-hydrogen) atoms. The molecule has 2 bridgehead atoms. The van der Waals surface area contributed by atoms with Gasteiger partial charge in [-0.05, 0) is 49.0 Å². The molecule has 1 aromatic rings. The van der Waals surface area contributed by atoms with Gasteiger partial charge in [-0.1, -0.05) is 44.2 Å². The van der Waals surface area contributed by atoms with Gasteiger partial charge in [-0.3, -0.25) is 0 Å². The first-order chi connectivity index (χ1) is 10.4. The number of benzene rings is 1. The lowest BCUT2D eigenvalue weighted by Crippen LogP contribution is -2.65. The van der Waals surface area contributed by atoms with Crippen molar-refractivity contribution in [2.45, 2.75) is 57.7 Å². The van der Waals surface area contributed by atoms with E-state index in [2.05, 4.69) is 45.0 Å². The summed E-state index contributed by atoms with van der Waals surface area (Å²) >= 11 is 0. The fraction of sp³-hybridized carbons (Fsp3) is 0.667. The van der Waals surface area contributed by atoms with E-state index in [1.165, 1.54) is 12.0 Å². The van der Waals surface area contributed by atoms with Crippen molar-refractivity contribution in [2.24, 2.45) is 23.0 Å². The molecule has 4 fully saturated rings. The number of hydrogen-bond donors (Lipinski definition) is 1. The fourth-order valence-corrected chi connectivity index (χ4v) is 5.06. The van der Waals surface area contributed by atoms with Crippen molar-refractivity contribution >= 4 is 19.5 Å². The Labute approximate surface area is 145 Å². The molecular formula is C18H27BClNO2. The topological polar surface area (TPSA) is 44.5 Å². The maximum absolute atomic E-state index is 6.43. The van der Waals surface area contributed by atoms with Crippen molar-refractivity contribution in [3.8, 4) is 0 Å². The van der Waals surface area contributed by atoms with Gasteiger partial charge in [0, 0.05) is 5.94 Å². The third-order valence-corrected chi connectivity index (χ3v) is 6.63. The summed E-state index contributed by atoms with van der Waals surface area (Å²) in [6.07, 6.45) is 3.42. The monoisotopic (exact) mass is 335 g/mol. The molecule has 1 saturated heterocycles. The van der Waals surface area contributed by atoms with Gasteiger partial charge in [0.25, 0.3) is 0 Å². The first-order valence-electron chi connectivity index (χ1n) is 8.54. The largest absolute Gasteiger partial charge is 0.475 e. The van der Waals surface area contributed by atoms with E-state index in [4.69, 9.17) is 15.0 Å². The Balaban J connectivity index is 0.00000156. The highest BCUT2D eigenvalue weighted by molar-refractivity contribution is 6.47. The molecule has 3 nitrogen and oxygen atoms in total. The lowest BCUT2D eigenvalue weighted by molar-refractivity contribution is -0.199. The zero-order chi connectivity index (χ0) is 15.5. The molecule has 5 atom stereocenters. The summed E-state index contributed by atoms with van der Waals surface area (Å²) in [5, 5.41) is 0. The minimum absolute atomic E-state index is 0. The Morgan fingerprint density at radius 1 is 1.22 bits per heavy atom. The van der Waals surface area contributed by atoms with Crippen LogP contribution < -0.4 is 5.73 Å². The molecule has 5 rings (SSSR count). The first-order valence-corrected chi connectivity index (χ1v) is 8.54. The molecule has 1 aliphatic heterocycles. The maximum Gasteiger partial charge on any atom is 0.475 e. The maximum atomic E-state index is 6.43. The van der Waals surface area contributed by atoms with Crippen molar-refractivity contribution < 1.29 is 9.31 Å². The van der Waals surface area contributed by atoms with Gasteiger partial charge in [-0.15, -0.1) is 12.4 Å². The van der Waals surface area contributed by atoms with Crippen molar-refractivity contribution in [3.63, 3.8) is 0 Å². The van der Waals surface area contributed by atoms with Crippen LogP contribution in [0, 0.1) is 17.3 Å². The Kier molecular flexibility index (Phi) is 4.33. The van der Waals surface area contributed by atoms with Crippen LogP contribution in [0.4, 0.5) is 0 Å². The van der Waals surface area contributed by atoms with Crippen molar-refractivity contribution in [3.05, 3.63) is 35.9 Å². The predicted molar refractivity (Wildman–Crippen MR) is 95.5 cm³/mol. The quantitative estimate of drug-likeness (QED) is 0.862. The Hall–Kier alpha value is -0.545. The SMILES string of the molecule is CC1(C)[C@@H]2CC3OB(C(N)Cc4ccccc4)O[C@@]3(C)[C@H]1C2.Cl. The molecule has 1 heterocycles. The third-order valence-electron chi connectivity index (χ3n) is 6.63. The zero-order valence-corrected chi connectivity index (χ0v) is 15.0. The van der Waals surface area contributed by atoms with Crippen molar-refractivity contribution in [2.75, 3.05) is 0 Å². The molecule has 0 amide bonds. The summed E-state index contributed by atoms with van der Waals surface area (Å²) in [5.41, 5.74) is 7.87. The predicted octanol–water partition coefficient (Wildman–Crippen LogP) is 3.25. The number of rotatable bonds is 3. The summed E-state index contributed by atoms with van der Waals surface area (Å²) in [4.78, 5) is 0. The van der Waals surface area contributed by atoms with Crippen LogP contribution in [0.1, 0.15) is 39.2 Å². The number of halogens is 1. The average Bonchev–Trinajstić information content (AvgIpc) is 2.85. The van der Waals surface area contributed by atoms with E-state index in [-0.39, 0.29) is 37.2 Å². The molecule has 1 aromatic carbocycles. The second-order valence-electron chi connectivity index (χ2n) is 8.19. The minimum atomic E-state index is -0.273. The first kappa shape index (κ1) is 17.3. The zero-order valence-electron chi connectivity index (χ0n) is 14.2. The van der Waals surface area contributed by atoms with Gasteiger partial charge in [-0.2, -0.15) is 0 Å². The molecule has 2 N–H and O–H groups in total. The molecule has 126 valence electrons. The van der Waals surface area contributed by atoms with Gasteiger partial charge < -0.3 is 15.0 Å². The van der Waals surface area contributed by atoms with Gasteiger partial charge in [0.2, 0.25) is 0 Å². The van der Waals surface area contributed by atoms with Gasteiger partial charge in [0.1, 0.15) is 0 Å². The van der Waals surface area contributed by atoms with E-state index in [1.54, 1.807) is 0 Å². The molecule has 3 saturated carbocycles. The van der Waals surface area contributed by atoms with E-state index in [0.29, 0.717) is 11.3 Å². The van der Waals surface area contributed by atoms with Crippen molar-refractivity contribution in [1.82, 2.24) is 0 Å². The molecular weight excluding hydrogens is 308 g/mol. The van der Waals surface area contributed by atoms with Gasteiger partial charge in [-0.25, -0.2) is 0 Å². The summed E-state index contributed by atoms with van der Waals surface area (Å²) in [5.74, 6) is 1.27. The highest BCUT2D eigenvalue weighted by Crippen LogP contribution is 2.65. The second kappa shape index (κ2) is 5.77. The van der Waals surface area contributed by atoms with E-state index in [1.807, 2.05) is 6.07 Å². The van der Waals surface area contributed by atoms with E-state index in [9.17, 15) is 0 Å². The highest BCUT2D eigenvalue weighted by atomic mass is 35.5. The number of hydrogen-bond acceptors (Lipinski definition) is 3. The standard InChI is InChI=1S/C18H26BNO2.ClH/c1-17(2)13-10-14(17)18(3)15(11-13)21-19(22-18)16(20)9-12-7-5-4-6-8-12;/h4-8,13-16H,9-11,20H2,1-3H3;1H/t13-,14-,15?,16?,18-;/m0./s1. The molecule has 5 heteroatoms. The van der Waals surface area contributed by atoms with Gasteiger partial charge >= 0.3 is 7.12 Å². The normalized spacial score (nSPS) is 38.3. The van der Waals surface area contributed by atoms with E-state index < -0.39 is 0 Å². The lowest BCUT2D eigenvalue weighted by Gasteiger charge is -2.64.